The highest BCUT2D eigenvalue weighted by molar-refractivity contribution is 5.78. The van der Waals surface area contributed by atoms with E-state index in [-0.39, 0.29) is 23.6 Å². The molecular formula is C27H31NO2. The van der Waals surface area contributed by atoms with Crippen LogP contribution in [0.15, 0.2) is 72.8 Å². The van der Waals surface area contributed by atoms with E-state index in [1.807, 2.05) is 81.4 Å². The van der Waals surface area contributed by atoms with Gasteiger partial charge in [-0.25, -0.2) is 0 Å². The molecule has 0 radical (unpaired) electrons. The first-order valence-electron chi connectivity index (χ1n) is 10.6. The van der Waals surface area contributed by atoms with Gasteiger partial charge in [-0.2, -0.15) is 0 Å². The molecule has 0 saturated heterocycles. The van der Waals surface area contributed by atoms with E-state index in [4.69, 9.17) is 0 Å². The minimum absolute atomic E-state index is 0.00189. The Labute approximate surface area is 179 Å². The lowest BCUT2D eigenvalue weighted by molar-refractivity contribution is -0.121. The van der Waals surface area contributed by atoms with Crippen LogP contribution >= 0.6 is 0 Å². The summed E-state index contributed by atoms with van der Waals surface area (Å²) in [6, 6.07) is 24.3. The molecule has 1 amide bonds. The van der Waals surface area contributed by atoms with Gasteiger partial charge in [0.15, 0.2) is 0 Å². The molecule has 0 bridgehead atoms. The molecule has 0 saturated carbocycles. The van der Waals surface area contributed by atoms with E-state index in [1.54, 1.807) is 0 Å². The Morgan fingerprint density at radius 2 is 1.57 bits per heavy atom. The molecule has 0 heterocycles. The first-order chi connectivity index (χ1) is 14.5. The van der Waals surface area contributed by atoms with Crippen molar-refractivity contribution in [1.29, 1.82) is 0 Å². The predicted octanol–water partition coefficient (Wildman–Crippen LogP) is 5.67. The van der Waals surface area contributed by atoms with Crippen molar-refractivity contribution in [1.82, 2.24) is 5.32 Å². The van der Waals surface area contributed by atoms with Gasteiger partial charge in [-0.05, 0) is 55.9 Å². The van der Waals surface area contributed by atoms with E-state index in [1.165, 1.54) is 5.56 Å². The molecule has 0 unspecified atom stereocenters. The van der Waals surface area contributed by atoms with Gasteiger partial charge in [0.1, 0.15) is 5.75 Å². The van der Waals surface area contributed by atoms with Gasteiger partial charge in [0.25, 0.3) is 0 Å². The molecule has 0 spiro atoms. The summed E-state index contributed by atoms with van der Waals surface area (Å²) >= 11 is 0. The van der Waals surface area contributed by atoms with E-state index < -0.39 is 0 Å². The SMILES string of the molecule is Cc1ccc([C@H](CC(=O)N[C@@H](C)CCc2ccccc2)c2ccccc2)c(O)c1C. The number of hydrogen-bond donors (Lipinski definition) is 2. The van der Waals surface area contributed by atoms with Crippen molar-refractivity contribution < 1.29 is 9.90 Å². The van der Waals surface area contributed by atoms with Crippen LogP contribution in [-0.2, 0) is 11.2 Å². The maximum Gasteiger partial charge on any atom is 0.221 e. The van der Waals surface area contributed by atoms with Crippen molar-refractivity contribution in [2.24, 2.45) is 0 Å². The molecule has 2 N–H and O–H groups in total. The average Bonchev–Trinajstić information content (AvgIpc) is 2.76. The summed E-state index contributed by atoms with van der Waals surface area (Å²) in [4.78, 5) is 12.9. The molecule has 2 atom stereocenters. The number of amides is 1. The lowest BCUT2D eigenvalue weighted by Crippen LogP contribution is -2.34. The van der Waals surface area contributed by atoms with Crippen LogP contribution in [0.25, 0.3) is 0 Å². The zero-order valence-corrected chi connectivity index (χ0v) is 18.1. The van der Waals surface area contributed by atoms with Crippen LogP contribution in [0.3, 0.4) is 0 Å². The summed E-state index contributed by atoms with van der Waals surface area (Å²) in [7, 11) is 0. The number of hydrogen-bond acceptors (Lipinski definition) is 2. The molecule has 0 fully saturated rings. The standard InChI is InChI=1S/C27H31NO2/c1-19-14-17-24(27(30)21(19)3)25(23-12-8-5-9-13-23)18-26(29)28-20(2)15-16-22-10-6-4-7-11-22/h4-14,17,20,25,30H,15-16,18H2,1-3H3,(H,28,29)/t20-,25+/m0/s1. The van der Waals surface area contributed by atoms with Crippen LogP contribution in [0.5, 0.6) is 5.75 Å². The number of phenols is 1. The molecule has 3 aromatic rings. The first-order valence-corrected chi connectivity index (χ1v) is 10.6. The van der Waals surface area contributed by atoms with Crippen molar-refractivity contribution in [3.8, 4) is 5.75 Å². The molecule has 3 rings (SSSR count). The number of rotatable bonds is 8. The van der Waals surface area contributed by atoms with Crippen molar-refractivity contribution >= 4 is 5.91 Å². The van der Waals surface area contributed by atoms with Crippen LogP contribution in [0.2, 0.25) is 0 Å². The first kappa shape index (κ1) is 21.6. The van der Waals surface area contributed by atoms with Gasteiger partial charge in [-0.1, -0.05) is 72.8 Å². The normalized spacial score (nSPS) is 12.9. The van der Waals surface area contributed by atoms with E-state index in [0.29, 0.717) is 6.42 Å². The predicted molar refractivity (Wildman–Crippen MR) is 123 cm³/mol. The number of nitrogens with one attached hydrogen (secondary N) is 1. The Bertz CT molecular complexity index is 967. The summed E-state index contributed by atoms with van der Waals surface area (Å²) in [5, 5.41) is 13.9. The molecule has 3 nitrogen and oxygen atoms in total. The number of aryl methyl sites for hydroxylation is 2. The van der Waals surface area contributed by atoms with E-state index in [9.17, 15) is 9.90 Å². The topological polar surface area (TPSA) is 49.3 Å². The Morgan fingerprint density at radius 3 is 2.23 bits per heavy atom. The average molecular weight is 402 g/mol. The minimum Gasteiger partial charge on any atom is -0.507 e. The van der Waals surface area contributed by atoms with Gasteiger partial charge in [-0.15, -0.1) is 0 Å². The maximum absolute atomic E-state index is 12.9. The van der Waals surface area contributed by atoms with Crippen molar-refractivity contribution in [2.75, 3.05) is 0 Å². The molecule has 0 aromatic heterocycles. The summed E-state index contributed by atoms with van der Waals surface area (Å²) in [6.45, 7) is 5.95. The second-order valence-electron chi connectivity index (χ2n) is 8.11. The van der Waals surface area contributed by atoms with Crippen molar-refractivity contribution in [3.63, 3.8) is 0 Å². The zero-order chi connectivity index (χ0) is 21.5. The summed E-state index contributed by atoms with van der Waals surface area (Å²) in [6.07, 6.45) is 2.12. The molecule has 0 aliphatic rings. The number of phenolic OH excluding ortho intramolecular Hbond substituents is 1. The molecule has 156 valence electrons. The molecule has 0 aliphatic heterocycles. The van der Waals surface area contributed by atoms with Crippen LogP contribution < -0.4 is 5.32 Å². The lowest BCUT2D eigenvalue weighted by Gasteiger charge is -2.22. The quantitative estimate of drug-likeness (QED) is 0.511. The van der Waals surface area contributed by atoms with E-state index in [0.717, 1.165) is 35.1 Å². The Balaban J connectivity index is 1.72. The van der Waals surface area contributed by atoms with Gasteiger partial charge < -0.3 is 10.4 Å². The Hall–Kier alpha value is -3.07. The third-order valence-electron chi connectivity index (χ3n) is 5.82. The fraction of sp³-hybridized carbons (Fsp3) is 0.296. The fourth-order valence-electron chi connectivity index (χ4n) is 3.82. The second-order valence-corrected chi connectivity index (χ2v) is 8.11. The molecule has 3 aromatic carbocycles. The molecule has 30 heavy (non-hydrogen) atoms. The largest absolute Gasteiger partial charge is 0.507 e. The highest BCUT2D eigenvalue weighted by Crippen LogP contribution is 2.36. The maximum atomic E-state index is 12.9. The fourth-order valence-corrected chi connectivity index (χ4v) is 3.82. The smallest absolute Gasteiger partial charge is 0.221 e. The van der Waals surface area contributed by atoms with Crippen LogP contribution in [0.4, 0.5) is 0 Å². The number of carbonyl (C=O) groups is 1. The second kappa shape index (κ2) is 10.1. The minimum atomic E-state index is -0.188. The van der Waals surface area contributed by atoms with Crippen molar-refractivity contribution in [2.45, 2.75) is 52.0 Å². The van der Waals surface area contributed by atoms with E-state index >= 15 is 0 Å². The van der Waals surface area contributed by atoms with Gasteiger partial charge in [-0.3, -0.25) is 4.79 Å². The number of aromatic hydroxyl groups is 1. The molecule has 3 heteroatoms. The van der Waals surface area contributed by atoms with Gasteiger partial charge >= 0.3 is 0 Å². The van der Waals surface area contributed by atoms with Gasteiger partial charge in [0.05, 0.1) is 0 Å². The van der Waals surface area contributed by atoms with Crippen LogP contribution in [0.1, 0.15) is 53.5 Å². The lowest BCUT2D eigenvalue weighted by atomic mass is 9.86. The summed E-state index contributed by atoms with van der Waals surface area (Å²) < 4.78 is 0. The third kappa shape index (κ3) is 5.50. The van der Waals surface area contributed by atoms with Gasteiger partial charge in [0, 0.05) is 23.9 Å². The van der Waals surface area contributed by atoms with Crippen LogP contribution in [0, 0.1) is 13.8 Å². The Morgan fingerprint density at radius 1 is 0.933 bits per heavy atom. The van der Waals surface area contributed by atoms with Gasteiger partial charge in [0.2, 0.25) is 5.91 Å². The summed E-state index contributed by atoms with van der Waals surface area (Å²) in [5.41, 5.74) is 5.02. The summed E-state index contributed by atoms with van der Waals surface area (Å²) in [5.74, 6) is 0.0997. The highest BCUT2D eigenvalue weighted by Gasteiger charge is 2.23. The molecular weight excluding hydrogens is 370 g/mol. The monoisotopic (exact) mass is 401 g/mol. The molecule has 0 aliphatic carbocycles. The Kier molecular flexibility index (Phi) is 7.29. The van der Waals surface area contributed by atoms with Crippen LogP contribution in [-0.4, -0.2) is 17.1 Å². The number of carbonyl (C=O) groups excluding carboxylic acids is 1. The highest BCUT2D eigenvalue weighted by atomic mass is 16.3. The third-order valence-corrected chi connectivity index (χ3v) is 5.82. The van der Waals surface area contributed by atoms with Crippen molar-refractivity contribution in [3.05, 3.63) is 101 Å². The number of benzene rings is 3. The zero-order valence-electron chi connectivity index (χ0n) is 18.1. The van der Waals surface area contributed by atoms with E-state index in [2.05, 4.69) is 17.4 Å².